The molecule has 0 aliphatic carbocycles. The van der Waals surface area contributed by atoms with Gasteiger partial charge in [0.05, 0.1) is 12.9 Å². The van der Waals surface area contributed by atoms with Crippen molar-refractivity contribution in [2.75, 3.05) is 12.3 Å². The predicted molar refractivity (Wildman–Crippen MR) is 148 cm³/mol. The SMILES string of the molecule is CCCCCCCCCCCCCCCC(=O)OP(=O)(O)OC[C@H]1O[C@@H](n2cnc3c(N)ncnc32)[C@H](O)[C@@H]1O. The Morgan fingerprint density at radius 3 is 2.20 bits per heavy atom. The van der Waals surface area contributed by atoms with Crippen molar-refractivity contribution in [3.05, 3.63) is 12.7 Å². The molecule has 1 unspecified atom stereocenters. The lowest BCUT2D eigenvalue weighted by Gasteiger charge is -2.17. The number of nitrogen functional groups attached to an aromatic ring is 1. The molecule has 0 saturated carbocycles. The molecule has 0 amide bonds. The van der Waals surface area contributed by atoms with Gasteiger partial charge in [0, 0.05) is 6.42 Å². The lowest BCUT2D eigenvalue weighted by Crippen LogP contribution is -2.33. The normalized spacial score (nSPS) is 22.5. The van der Waals surface area contributed by atoms with E-state index in [4.69, 9.17) is 15.0 Å². The summed E-state index contributed by atoms with van der Waals surface area (Å²) in [5.41, 5.74) is 6.35. The third-order valence-electron chi connectivity index (χ3n) is 7.10. The summed E-state index contributed by atoms with van der Waals surface area (Å²) in [6, 6.07) is 0. The first-order valence-electron chi connectivity index (χ1n) is 14.4. The van der Waals surface area contributed by atoms with Crippen LogP contribution < -0.4 is 5.73 Å². The van der Waals surface area contributed by atoms with Gasteiger partial charge in [0.25, 0.3) is 0 Å². The number of rotatable bonds is 19. The Hall–Kier alpha value is -2.15. The number of aliphatic hydroxyl groups is 2. The quantitative estimate of drug-likeness (QED) is 0.136. The van der Waals surface area contributed by atoms with Crippen LogP contribution in [-0.4, -0.2) is 65.5 Å². The van der Waals surface area contributed by atoms with Crippen LogP contribution in [0.1, 0.15) is 103 Å². The van der Waals surface area contributed by atoms with Crippen molar-refractivity contribution >= 4 is 30.8 Å². The molecule has 5 N–H and O–H groups in total. The molecule has 0 spiro atoms. The number of carbonyl (C=O) groups is 1. The number of phosphoric ester groups is 1. The van der Waals surface area contributed by atoms with Gasteiger partial charge < -0.3 is 25.2 Å². The van der Waals surface area contributed by atoms with E-state index in [-0.39, 0.29) is 17.9 Å². The van der Waals surface area contributed by atoms with Crippen molar-refractivity contribution in [3.63, 3.8) is 0 Å². The lowest BCUT2D eigenvalue weighted by atomic mass is 10.0. The molecule has 0 radical (unpaired) electrons. The maximum atomic E-state index is 12.3. The van der Waals surface area contributed by atoms with Gasteiger partial charge in [-0.1, -0.05) is 84.0 Å². The highest BCUT2D eigenvalue weighted by atomic mass is 31.2. The maximum absolute atomic E-state index is 12.3. The van der Waals surface area contributed by atoms with Crippen LogP contribution in [0.5, 0.6) is 0 Å². The van der Waals surface area contributed by atoms with Crippen molar-refractivity contribution in [3.8, 4) is 0 Å². The van der Waals surface area contributed by atoms with Crippen molar-refractivity contribution in [2.45, 2.75) is 121 Å². The molecule has 13 nitrogen and oxygen atoms in total. The minimum Gasteiger partial charge on any atom is -0.387 e. The van der Waals surface area contributed by atoms with Crippen molar-refractivity contribution < 1.29 is 38.3 Å². The Morgan fingerprint density at radius 1 is 0.975 bits per heavy atom. The second-order valence-electron chi connectivity index (χ2n) is 10.3. The number of aliphatic hydroxyl groups excluding tert-OH is 2. The molecule has 3 heterocycles. The van der Waals surface area contributed by atoms with Gasteiger partial charge >= 0.3 is 13.8 Å². The largest absolute Gasteiger partial charge is 0.529 e. The van der Waals surface area contributed by atoms with Crippen LogP contribution in [0.15, 0.2) is 12.7 Å². The van der Waals surface area contributed by atoms with Crippen LogP contribution in [0, 0.1) is 0 Å². The zero-order chi connectivity index (χ0) is 29.0. The summed E-state index contributed by atoms with van der Waals surface area (Å²) in [6.45, 7) is 1.63. The van der Waals surface area contributed by atoms with Gasteiger partial charge in [-0.25, -0.2) is 19.5 Å². The van der Waals surface area contributed by atoms with E-state index in [9.17, 15) is 24.5 Å². The summed E-state index contributed by atoms with van der Waals surface area (Å²) in [5, 5.41) is 20.9. The zero-order valence-corrected chi connectivity index (χ0v) is 24.2. The molecule has 1 aliphatic heterocycles. The molecular weight excluding hydrogens is 541 g/mol. The van der Waals surface area contributed by atoms with Gasteiger partial charge in [0.1, 0.15) is 30.2 Å². The van der Waals surface area contributed by atoms with Crippen LogP contribution in [-0.2, 0) is 23.1 Å². The van der Waals surface area contributed by atoms with Gasteiger partial charge in [0.2, 0.25) is 0 Å². The smallest absolute Gasteiger partial charge is 0.387 e. The number of hydrogen-bond acceptors (Lipinski definition) is 11. The molecule has 40 heavy (non-hydrogen) atoms. The van der Waals surface area contributed by atoms with Gasteiger partial charge in [-0.05, 0) is 6.42 Å². The summed E-state index contributed by atoms with van der Waals surface area (Å²) in [5.74, 6) is -0.694. The highest BCUT2D eigenvalue weighted by Crippen LogP contribution is 2.45. The van der Waals surface area contributed by atoms with E-state index in [0.717, 1.165) is 19.3 Å². The first-order chi connectivity index (χ1) is 19.2. The Morgan fingerprint density at radius 2 is 1.57 bits per heavy atom. The van der Waals surface area contributed by atoms with E-state index >= 15 is 0 Å². The van der Waals surface area contributed by atoms with Gasteiger partial charge in [-0.3, -0.25) is 18.8 Å². The molecule has 2 aromatic rings. The second-order valence-corrected chi connectivity index (χ2v) is 11.7. The summed E-state index contributed by atoms with van der Waals surface area (Å²) in [4.78, 5) is 34.0. The molecular formula is C26H44N5O8P. The summed E-state index contributed by atoms with van der Waals surface area (Å²) in [7, 11) is -4.74. The lowest BCUT2D eigenvalue weighted by molar-refractivity contribution is -0.136. The molecule has 226 valence electrons. The summed E-state index contributed by atoms with van der Waals surface area (Å²) >= 11 is 0. The minimum atomic E-state index is -4.74. The average molecular weight is 586 g/mol. The monoisotopic (exact) mass is 585 g/mol. The Balaban J connectivity index is 1.29. The molecule has 0 aromatic carbocycles. The fraction of sp³-hybridized carbons (Fsp3) is 0.769. The van der Waals surface area contributed by atoms with E-state index < -0.39 is 44.9 Å². The number of carbonyl (C=O) groups excluding carboxylic acids is 1. The van der Waals surface area contributed by atoms with Gasteiger partial charge in [-0.15, -0.1) is 0 Å². The fourth-order valence-electron chi connectivity index (χ4n) is 4.81. The standard InChI is InChI=1S/C26H44N5O8P/c1-2-3-4-5-6-7-8-9-10-11-12-13-14-15-20(32)39-40(35,36)37-16-19-22(33)23(34)26(38-19)31-18-30-21-24(27)28-17-29-25(21)31/h17-19,22-23,26,33-34H,2-16H2,1H3,(H,35,36)(H2,27,28,29)/t19-,22-,23-,26-/m1/s1. The highest BCUT2D eigenvalue weighted by Gasteiger charge is 2.45. The first-order valence-corrected chi connectivity index (χ1v) is 15.9. The van der Waals surface area contributed by atoms with E-state index in [1.165, 1.54) is 75.0 Å². The molecule has 1 fully saturated rings. The van der Waals surface area contributed by atoms with Crippen LogP contribution in [0.25, 0.3) is 11.2 Å². The Bertz CT molecular complexity index is 1100. The van der Waals surface area contributed by atoms with E-state index in [2.05, 4.69) is 26.4 Å². The number of imidazole rings is 1. The highest BCUT2D eigenvalue weighted by molar-refractivity contribution is 7.48. The van der Waals surface area contributed by atoms with Crippen molar-refractivity contribution in [2.24, 2.45) is 0 Å². The van der Waals surface area contributed by atoms with E-state index in [1.807, 2.05) is 0 Å². The number of unbranched alkanes of at least 4 members (excludes halogenated alkanes) is 12. The van der Waals surface area contributed by atoms with Gasteiger partial charge in [0.15, 0.2) is 17.7 Å². The second kappa shape index (κ2) is 16.3. The topological polar surface area (TPSA) is 192 Å². The minimum absolute atomic E-state index is 0.00764. The van der Waals surface area contributed by atoms with Crippen LogP contribution in [0.2, 0.25) is 0 Å². The number of hydrogen-bond donors (Lipinski definition) is 4. The molecule has 2 aromatic heterocycles. The number of nitrogens with two attached hydrogens (primary N) is 1. The number of ether oxygens (including phenoxy) is 1. The summed E-state index contributed by atoms with van der Waals surface area (Å²) in [6.07, 6.45) is 12.5. The molecule has 1 saturated heterocycles. The average Bonchev–Trinajstić information content (AvgIpc) is 3.47. The first kappa shape index (κ1) is 32.4. The molecule has 0 bridgehead atoms. The molecule has 3 rings (SSSR count). The van der Waals surface area contributed by atoms with Crippen LogP contribution in [0.4, 0.5) is 5.82 Å². The molecule has 5 atom stereocenters. The maximum Gasteiger partial charge on any atom is 0.529 e. The van der Waals surface area contributed by atoms with Gasteiger partial charge in [-0.2, -0.15) is 0 Å². The van der Waals surface area contributed by atoms with Crippen molar-refractivity contribution in [1.29, 1.82) is 0 Å². The Kier molecular flexibility index (Phi) is 13.2. The number of anilines is 1. The third kappa shape index (κ3) is 9.74. The van der Waals surface area contributed by atoms with E-state index in [1.54, 1.807) is 0 Å². The van der Waals surface area contributed by atoms with E-state index in [0.29, 0.717) is 11.9 Å². The number of phosphoric acid groups is 1. The molecule has 1 aliphatic rings. The van der Waals surface area contributed by atoms with Crippen molar-refractivity contribution in [1.82, 2.24) is 19.5 Å². The predicted octanol–water partition coefficient (Wildman–Crippen LogP) is 4.17. The summed E-state index contributed by atoms with van der Waals surface area (Å²) < 4.78 is 28.8. The third-order valence-corrected chi connectivity index (χ3v) is 8.01. The molecule has 14 heteroatoms. The van der Waals surface area contributed by atoms with Crippen LogP contribution in [0.3, 0.4) is 0 Å². The fourth-order valence-corrected chi connectivity index (χ4v) is 5.54. The number of fused-ring (bicyclic) bond motifs is 1. The Labute approximate surface area is 235 Å². The number of nitrogens with zero attached hydrogens (tertiary/aromatic N) is 4. The van der Waals surface area contributed by atoms with Crippen LogP contribution >= 0.6 is 7.82 Å². The number of aromatic nitrogens is 4. The zero-order valence-electron chi connectivity index (χ0n) is 23.3.